The van der Waals surface area contributed by atoms with Crippen LogP contribution in [0.25, 0.3) is 11.1 Å². The third-order valence-electron chi connectivity index (χ3n) is 4.25. The Hall–Kier alpha value is -2.87. The molecule has 0 unspecified atom stereocenters. The SMILES string of the molecule is COC(=O)Cc1ccc(OC)c(-c2ccc(C(F)(F)F)cc2CNCC(C)=O)c1. The highest BCUT2D eigenvalue weighted by atomic mass is 19.4. The predicted molar refractivity (Wildman–Crippen MR) is 102 cm³/mol. The number of alkyl halides is 3. The molecule has 2 aromatic carbocycles. The summed E-state index contributed by atoms with van der Waals surface area (Å²) in [5.41, 5.74) is 1.26. The number of methoxy groups -OCH3 is 2. The fourth-order valence-corrected chi connectivity index (χ4v) is 2.87. The van der Waals surface area contributed by atoms with Gasteiger partial charge >= 0.3 is 12.1 Å². The zero-order chi connectivity index (χ0) is 21.6. The van der Waals surface area contributed by atoms with Gasteiger partial charge in [-0.2, -0.15) is 13.2 Å². The van der Waals surface area contributed by atoms with Crippen LogP contribution < -0.4 is 10.1 Å². The van der Waals surface area contributed by atoms with Gasteiger partial charge in [-0.15, -0.1) is 0 Å². The maximum absolute atomic E-state index is 13.2. The second-order valence-electron chi connectivity index (χ2n) is 6.46. The van der Waals surface area contributed by atoms with E-state index in [9.17, 15) is 22.8 Å². The molecule has 8 heteroatoms. The molecule has 0 heterocycles. The maximum Gasteiger partial charge on any atom is 0.416 e. The highest BCUT2D eigenvalue weighted by Gasteiger charge is 2.31. The van der Waals surface area contributed by atoms with Crippen molar-refractivity contribution in [3.8, 4) is 16.9 Å². The van der Waals surface area contributed by atoms with Gasteiger partial charge in [0.15, 0.2) is 0 Å². The summed E-state index contributed by atoms with van der Waals surface area (Å²) in [6.45, 7) is 1.48. The fraction of sp³-hybridized carbons (Fsp3) is 0.333. The molecule has 0 spiro atoms. The van der Waals surface area contributed by atoms with E-state index in [0.717, 1.165) is 12.1 Å². The predicted octanol–water partition coefficient (Wildman–Crippen LogP) is 3.78. The molecule has 0 aliphatic heterocycles. The second-order valence-corrected chi connectivity index (χ2v) is 6.46. The van der Waals surface area contributed by atoms with Crippen LogP contribution in [0.4, 0.5) is 13.2 Å². The summed E-state index contributed by atoms with van der Waals surface area (Å²) in [5.74, 6) is -0.112. The first-order chi connectivity index (χ1) is 13.7. The number of carbonyl (C=O) groups is 2. The molecule has 0 amide bonds. The Morgan fingerprint density at radius 2 is 1.76 bits per heavy atom. The van der Waals surface area contributed by atoms with Crippen molar-refractivity contribution in [3.05, 3.63) is 53.1 Å². The number of hydrogen-bond acceptors (Lipinski definition) is 5. The topological polar surface area (TPSA) is 64.6 Å². The maximum atomic E-state index is 13.2. The fourth-order valence-electron chi connectivity index (χ4n) is 2.87. The standard InChI is InChI=1S/C21H22F3NO4/c1-13(26)11-25-12-15-10-16(21(22,23)24)5-6-17(15)18-8-14(9-20(27)29-3)4-7-19(18)28-2/h4-8,10,25H,9,11-12H2,1-3H3. The van der Waals surface area contributed by atoms with Gasteiger partial charge in [-0.1, -0.05) is 12.1 Å². The smallest absolute Gasteiger partial charge is 0.416 e. The number of ether oxygens (including phenoxy) is 2. The van der Waals surface area contributed by atoms with E-state index in [1.54, 1.807) is 18.2 Å². The van der Waals surface area contributed by atoms with Crippen LogP contribution in [-0.2, 0) is 33.5 Å². The molecular weight excluding hydrogens is 387 g/mol. The van der Waals surface area contributed by atoms with Crippen LogP contribution in [0.2, 0.25) is 0 Å². The summed E-state index contributed by atoms with van der Waals surface area (Å²) in [5, 5.41) is 2.85. The molecule has 5 nitrogen and oxygen atoms in total. The van der Waals surface area contributed by atoms with Crippen LogP contribution in [0.3, 0.4) is 0 Å². The van der Waals surface area contributed by atoms with Crippen molar-refractivity contribution in [2.75, 3.05) is 20.8 Å². The van der Waals surface area contributed by atoms with Gasteiger partial charge in [0.25, 0.3) is 0 Å². The highest BCUT2D eigenvalue weighted by molar-refractivity contribution is 5.78. The number of benzene rings is 2. The Labute approximate surface area is 166 Å². The van der Waals surface area contributed by atoms with E-state index < -0.39 is 17.7 Å². The third kappa shape index (κ3) is 6.05. The van der Waals surface area contributed by atoms with E-state index in [-0.39, 0.29) is 25.3 Å². The minimum Gasteiger partial charge on any atom is -0.496 e. The van der Waals surface area contributed by atoms with Crippen molar-refractivity contribution >= 4 is 11.8 Å². The number of ketones is 1. The monoisotopic (exact) mass is 409 g/mol. The number of hydrogen-bond donors (Lipinski definition) is 1. The van der Waals surface area contributed by atoms with Gasteiger partial charge in [0.2, 0.25) is 0 Å². The van der Waals surface area contributed by atoms with Crippen LogP contribution >= 0.6 is 0 Å². The molecule has 0 aliphatic rings. The molecule has 1 N–H and O–H groups in total. The van der Waals surface area contributed by atoms with E-state index in [4.69, 9.17) is 4.74 Å². The molecular formula is C21H22F3NO4. The van der Waals surface area contributed by atoms with E-state index in [1.165, 1.54) is 27.2 Å². The summed E-state index contributed by atoms with van der Waals surface area (Å²) < 4.78 is 49.6. The van der Waals surface area contributed by atoms with Gasteiger partial charge in [-0.3, -0.25) is 9.59 Å². The second kappa shape index (κ2) is 9.56. The molecule has 2 rings (SSSR count). The van der Waals surface area contributed by atoms with Crippen LogP contribution in [0.15, 0.2) is 36.4 Å². The summed E-state index contributed by atoms with van der Waals surface area (Å²) >= 11 is 0. The lowest BCUT2D eigenvalue weighted by atomic mass is 9.94. The van der Waals surface area contributed by atoms with Gasteiger partial charge < -0.3 is 14.8 Å². The first-order valence-electron chi connectivity index (χ1n) is 8.80. The zero-order valence-electron chi connectivity index (χ0n) is 16.4. The van der Waals surface area contributed by atoms with Gasteiger partial charge in [-0.05, 0) is 47.9 Å². The summed E-state index contributed by atoms with van der Waals surface area (Å²) in [6.07, 6.45) is -4.48. The Morgan fingerprint density at radius 3 is 2.34 bits per heavy atom. The van der Waals surface area contributed by atoms with Crippen molar-refractivity contribution < 1.29 is 32.2 Å². The van der Waals surface area contributed by atoms with Crippen molar-refractivity contribution in [2.24, 2.45) is 0 Å². The van der Waals surface area contributed by atoms with E-state index in [2.05, 4.69) is 10.1 Å². The van der Waals surface area contributed by atoms with Crippen molar-refractivity contribution in [3.63, 3.8) is 0 Å². The average molecular weight is 409 g/mol. The summed E-state index contributed by atoms with van der Waals surface area (Å²) in [4.78, 5) is 22.8. The number of rotatable bonds is 8. The largest absolute Gasteiger partial charge is 0.496 e. The molecule has 0 bridgehead atoms. The van der Waals surface area contributed by atoms with Gasteiger partial charge in [0, 0.05) is 12.1 Å². The molecule has 0 atom stereocenters. The number of carbonyl (C=O) groups excluding carboxylic acids is 2. The number of esters is 1. The molecule has 0 aromatic heterocycles. The van der Waals surface area contributed by atoms with Crippen LogP contribution in [0.1, 0.15) is 23.6 Å². The van der Waals surface area contributed by atoms with Crippen LogP contribution in [0.5, 0.6) is 5.75 Å². The lowest BCUT2D eigenvalue weighted by Gasteiger charge is -2.17. The van der Waals surface area contributed by atoms with E-state index in [1.807, 2.05) is 0 Å². The molecule has 0 aliphatic carbocycles. The molecule has 0 radical (unpaired) electrons. The molecule has 29 heavy (non-hydrogen) atoms. The minimum atomic E-state index is -4.50. The minimum absolute atomic E-state index is 0.0199. The Morgan fingerprint density at radius 1 is 1.03 bits per heavy atom. The first-order valence-corrected chi connectivity index (χ1v) is 8.80. The van der Waals surface area contributed by atoms with Crippen LogP contribution in [0, 0.1) is 0 Å². The normalized spacial score (nSPS) is 11.2. The number of halogens is 3. The molecule has 0 saturated carbocycles. The lowest BCUT2D eigenvalue weighted by Crippen LogP contribution is -2.21. The zero-order valence-corrected chi connectivity index (χ0v) is 16.4. The quantitative estimate of drug-likeness (QED) is 0.673. The number of nitrogens with one attached hydrogen (secondary N) is 1. The van der Waals surface area contributed by atoms with Crippen molar-refractivity contribution in [1.82, 2.24) is 5.32 Å². The molecule has 156 valence electrons. The third-order valence-corrected chi connectivity index (χ3v) is 4.25. The Bertz CT molecular complexity index is 894. The van der Waals surface area contributed by atoms with Gasteiger partial charge in [-0.25, -0.2) is 0 Å². The number of Topliss-reactive ketones (excluding diaryl/α,β-unsaturated/α-hetero) is 1. The van der Waals surface area contributed by atoms with Crippen LogP contribution in [-0.4, -0.2) is 32.5 Å². The average Bonchev–Trinajstić information content (AvgIpc) is 2.66. The van der Waals surface area contributed by atoms with Gasteiger partial charge in [0.1, 0.15) is 11.5 Å². The Kier molecular flexibility index (Phi) is 7.39. The van der Waals surface area contributed by atoms with Gasteiger partial charge in [0.05, 0.1) is 32.7 Å². The highest BCUT2D eigenvalue weighted by Crippen LogP contribution is 2.37. The first kappa shape index (κ1) is 22.4. The molecule has 0 fully saturated rings. The lowest BCUT2D eigenvalue weighted by molar-refractivity contribution is -0.140. The Balaban J connectivity index is 2.54. The molecule has 0 saturated heterocycles. The van der Waals surface area contributed by atoms with E-state index in [0.29, 0.717) is 28.0 Å². The van der Waals surface area contributed by atoms with Crippen molar-refractivity contribution in [1.29, 1.82) is 0 Å². The molecule has 2 aromatic rings. The summed E-state index contributed by atoms with van der Waals surface area (Å²) in [6, 6.07) is 8.44. The van der Waals surface area contributed by atoms with E-state index >= 15 is 0 Å². The van der Waals surface area contributed by atoms with Crippen molar-refractivity contribution in [2.45, 2.75) is 26.1 Å². The summed E-state index contributed by atoms with van der Waals surface area (Å²) in [7, 11) is 2.73.